The fourth-order valence-electron chi connectivity index (χ4n) is 1.62. The van der Waals surface area contributed by atoms with Crippen LogP contribution in [0.25, 0.3) is 0 Å². The number of benzene rings is 1. The van der Waals surface area contributed by atoms with Crippen molar-refractivity contribution >= 4 is 40.4 Å². The molecule has 1 amide bonds. The molecule has 6 heteroatoms. The maximum Gasteiger partial charge on any atom is 0.227 e. The lowest BCUT2D eigenvalue weighted by Gasteiger charge is -2.16. The van der Waals surface area contributed by atoms with Crippen molar-refractivity contribution in [1.29, 1.82) is 0 Å². The smallest absolute Gasteiger partial charge is 0.227 e. The molecular formula is C13H12Cl2N2OS. The van der Waals surface area contributed by atoms with Crippen LogP contribution in [0.3, 0.4) is 0 Å². The number of amides is 1. The first kappa shape index (κ1) is 14.3. The lowest BCUT2D eigenvalue weighted by atomic mass is 10.1. The van der Waals surface area contributed by atoms with Crippen LogP contribution in [0.1, 0.15) is 11.3 Å². The van der Waals surface area contributed by atoms with Gasteiger partial charge in [-0.1, -0.05) is 23.2 Å². The number of halogens is 2. The standard InChI is InChI=1S/C13H12Cl2N2OS/c1-17(6-11-7-19-8-16-11)13(18)5-9-4-10(14)2-3-12(9)15/h2-4,7-8H,5-6H2,1H3. The largest absolute Gasteiger partial charge is 0.340 e. The summed E-state index contributed by atoms with van der Waals surface area (Å²) in [6.45, 7) is 0.501. The Labute approximate surface area is 125 Å². The predicted molar refractivity (Wildman–Crippen MR) is 78.8 cm³/mol. The SMILES string of the molecule is CN(Cc1cscn1)C(=O)Cc1cc(Cl)ccc1Cl. The number of hydrogen-bond acceptors (Lipinski definition) is 3. The number of carbonyl (C=O) groups excluding carboxylic acids is 1. The molecule has 0 N–H and O–H groups in total. The summed E-state index contributed by atoms with van der Waals surface area (Å²) in [4.78, 5) is 17.9. The molecule has 0 radical (unpaired) electrons. The molecule has 3 nitrogen and oxygen atoms in total. The van der Waals surface area contributed by atoms with E-state index in [0.29, 0.717) is 16.6 Å². The van der Waals surface area contributed by atoms with Crippen LogP contribution in [-0.2, 0) is 17.8 Å². The topological polar surface area (TPSA) is 33.2 Å². The first-order chi connectivity index (χ1) is 9.06. The summed E-state index contributed by atoms with van der Waals surface area (Å²) < 4.78 is 0. The van der Waals surface area contributed by atoms with E-state index in [4.69, 9.17) is 23.2 Å². The van der Waals surface area contributed by atoms with Gasteiger partial charge in [-0.2, -0.15) is 0 Å². The number of carbonyl (C=O) groups is 1. The van der Waals surface area contributed by atoms with Gasteiger partial charge in [-0.3, -0.25) is 4.79 Å². The molecule has 0 bridgehead atoms. The van der Waals surface area contributed by atoms with E-state index in [1.54, 1.807) is 35.7 Å². The van der Waals surface area contributed by atoms with E-state index in [2.05, 4.69) is 4.98 Å². The van der Waals surface area contributed by atoms with E-state index in [1.807, 2.05) is 5.38 Å². The molecule has 0 fully saturated rings. The second-order valence-corrected chi connectivity index (χ2v) is 5.70. The number of rotatable bonds is 4. The minimum atomic E-state index is -0.0165. The van der Waals surface area contributed by atoms with E-state index in [0.717, 1.165) is 11.3 Å². The van der Waals surface area contributed by atoms with E-state index in [1.165, 1.54) is 11.3 Å². The van der Waals surface area contributed by atoms with Gasteiger partial charge >= 0.3 is 0 Å². The third-order valence-corrected chi connectivity index (χ3v) is 3.90. The molecule has 0 spiro atoms. The van der Waals surface area contributed by atoms with Crippen molar-refractivity contribution in [1.82, 2.24) is 9.88 Å². The van der Waals surface area contributed by atoms with Crippen molar-refractivity contribution in [2.75, 3.05) is 7.05 Å². The molecule has 1 aromatic heterocycles. The normalized spacial score (nSPS) is 10.5. The zero-order valence-electron chi connectivity index (χ0n) is 10.3. The molecule has 0 aliphatic rings. The van der Waals surface area contributed by atoms with Crippen LogP contribution >= 0.6 is 34.5 Å². The van der Waals surface area contributed by atoms with Gasteiger partial charge in [0, 0.05) is 22.5 Å². The van der Waals surface area contributed by atoms with Crippen LogP contribution in [0.4, 0.5) is 0 Å². The number of likely N-dealkylation sites (N-methyl/N-ethyl adjacent to an activating group) is 1. The van der Waals surface area contributed by atoms with Crippen LogP contribution in [0.2, 0.25) is 10.0 Å². The zero-order chi connectivity index (χ0) is 13.8. The molecule has 0 atom stereocenters. The maximum atomic E-state index is 12.1. The molecule has 2 rings (SSSR count). The molecule has 100 valence electrons. The van der Waals surface area contributed by atoms with Crippen molar-refractivity contribution in [3.8, 4) is 0 Å². The Kier molecular flexibility index (Phi) is 4.80. The molecule has 0 saturated heterocycles. The molecule has 0 aliphatic carbocycles. The van der Waals surface area contributed by atoms with Crippen LogP contribution < -0.4 is 0 Å². The summed E-state index contributed by atoms with van der Waals surface area (Å²) in [5.41, 5.74) is 3.38. The Morgan fingerprint density at radius 1 is 1.42 bits per heavy atom. The first-order valence-electron chi connectivity index (χ1n) is 5.61. The lowest BCUT2D eigenvalue weighted by molar-refractivity contribution is -0.129. The van der Waals surface area contributed by atoms with Gasteiger partial charge in [0.2, 0.25) is 5.91 Å². The molecule has 0 saturated carbocycles. The Hall–Kier alpha value is -1.10. The third kappa shape index (κ3) is 3.93. The second kappa shape index (κ2) is 6.37. The Morgan fingerprint density at radius 2 is 2.21 bits per heavy atom. The number of hydrogen-bond donors (Lipinski definition) is 0. The Bertz CT molecular complexity index is 572. The molecule has 1 aromatic carbocycles. The summed E-state index contributed by atoms with van der Waals surface area (Å²) in [5.74, 6) is -0.0165. The quantitative estimate of drug-likeness (QED) is 0.863. The maximum absolute atomic E-state index is 12.1. The van der Waals surface area contributed by atoms with Gasteiger partial charge < -0.3 is 4.90 Å². The average molecular weight is 315 g/mol. The van der Waals surface area contributed by atoms with Gasteiger partial charge in [0.1, 0.15) is 0 Å². The summed E-state index contributed by atoms with van der Waals surface area (Å²) in [6.07, 6.45) is 0.236. The number of nitrogens with zero attached hydrogens (tertiary/aromatic N) is 2. The fraction of sp³-hybridized carbons (Fsp3) is 0.231. The van der Waals surface area contributed by atoms with E-state index < -0.39 is 0 Å². The molecule has 2 aromatic rings. The van der Waals surface area contributed by atoms with Gasteiger partial charge in [-0.25, -0.2) is 4.98 Å². The average Bonchev–Trinajstić information content (AvgIpc) is 2.86. The minimum Gasteiger partial charge on any atom is -0.340 e. The van der Waals surface area contributed by atoms with Gasteiger partial charge in [0.25, 0.3) is 0 Å². The molecule has 0 unspecified atom stereocenters. The van der Waals surface area contributed by atoms with E-state index in [9.17, 15) is 4.79 Å². The molecule has 0 aliphatic heterocycles. The second-order valence-electron chi connectivity index (χ2n) is 4.14. The van der Waals surface area contributed by atoms with Crippen molar-refractivity contribution in [3.63, 3.8) is 0 Å². The summed E-state index contributed by atoms with van der Waals surface area (Å²) >= 11 is 13.5. The van der Waals surface area contributed by atoms with Crippen LogP contribution in [0.15, 0.2) is 29.1 Å². The van der Waals surface area contributed by atoms with Crippen molar-refractivity contribution < 1.29 is 4.79 Å². The van der Waals surface area contributed by atoms with Gasteiger partial charge in [0.15, 0.2) is 0 Å². The monoisotopic (exact) mass is 314 g/mol. The number of aromatic nitrogens is 1. The first-order valence-corrected chi connectivity index (χ1v) is 7.31. The minimum absolute atomic E-state index is 0.0165. The van der Waals surface area contributed by atoms with Crippen molar-refractivity contribution in [3.05, 3.63) is 50.4 Å². The van der Waals surface area contributed by atoms with Crippen LogP contribution in [-0.4, -0.2) is 22.8 Å². The van der Waals surface area contributed by atoms with Gasteiger partial charge in [0.05, 0.1) is 24.2 Å². The van der Waals surface area contributed by atoms with Gasteiger partial charge in [-0.05, 0) is 23.8 Å². The molecule has 19 heavy (non-hydrogen) atoms. The summed E-state index contributed by atoms with van der Waals surface area (Å²) in [6, 6.07) is 5.13. The number of thiazole rings is 1. The highest BCUT2D eigenvalue weighted by atomic mass is 35.5. The summed E-state index contributed by atoms with van der Waals surface area (Å²) in [5, 5.41) is 3.06. The highest BCUT2D eigenvalue weighted by Gasteiger charge is 2.13. The summed E-state index contributed by atoms with van der Waals surface area (Å²) in [7, 11) is 1.75. The van der Waals surface area contributed by atoms with Crippen molar-refractivity contribution in [2.45, 2.75) is 13.0 Å². The molecule has 1 heterocycles. The van der Waals surface area contributed by atoms with Crippen LogP contribution in [0, 0.1) is 0 Å². The van der Waals surface area contributed by atoms with Crippen molar-refractivity contribution in [2.24, 2.45) is 0 Å². The highest BCUT2D eigenvalue weighted by Crippen LogP contribution is 2.21. The van der Waals surface area contributed by atoms with E-state index in [-0.39, 0.29) is 12.3 Å². The fourth-order valence-corrected chi connectivity index (χ4v) is 2.55. The molecular weight excluding hydrogens is 303 g/mol. The zero-order valence-corrected chi connectivity index (χ0v) is 12.6. The highest BCUT2D eigenvalue weighted by molar-refractivity contribution is 7.07. The Morgan fingerprint density at radius 3 is 2.89 bits per heavy atom. The van der Waals surface area contributed by atoms with E-state index >= 15 is 0 Å². The Balaban J connectivity index is 2.02. The predicted octanol–water partition coefficient (Wildman–Crippen LogP) is 3.65. The lowest BCUT2D eigenvalue weighted by Crippen LogP contribution is -2.27. The van der Waals surface area contributed by atoms with Gasteiger partial charge in [-0.15, -0.1) is 11.3 Å². The third-order valence-electron chi connectivity index (χ3n) is 2.66. The van der Waals surface area contributed by atoms with Crippen LogP contribution in [0.5, 0.6) is 0 Å².